The van der Waals surface area contributed by atoms with Crippen molar-refractivity contribution in [2.45, 2.75) is 26.9 Å². The largest absolute Gasteiger partial charge is 0.465 e. The van der Waals surface area contributed by atoms with Crippen molar-refractivity contribution in [1.82, 2.24) is 0 Å². The predicted octanol–water partition coefficient (Wildman–Crippen LogP) is 2.90. The van der Waals surface area contributed by atoms with Gasteiger partial charge in [-0.05, 0) is 18.4 Å². The van der Waals surface area contributed by atoms with Crippen LogP contribution in [0.25, 0.3) is 6.08 Å². The fourth-order valence-corrected chi connectivity index (χ4v) is 1.76. The van der Waals surface area contributed by atoms with Crippen molar-refractivity contribution in [2.75, 3.05) is 6.61 Å². The van der Waals surface area contributed by atoms with Crippen LogP contribution in [0, 0.1) is 11.8 Å². The number of ether oxygens (including phenoxy) is 1. The SMILES string of the molecule is CCOC(=O)C(/C=C/c1ccccc1)C(O)C(C)C. The summed E-state index contributed by atoms with van der Waals surface area (Å²) in [4.78, 5) is 11.9. The smallest absolute Gasteiger partial charge is 0.315 e. The van der Waals surface area contributed by atoms with Gasteiger partial charge in [0.25, 0.3) is 0 Å². The van der Waals surface area contributed by atoms with Gasteiger partial charge in [-0.2, -0.15) is 0 Å². The standard InChI is InChI=1S/C16H22O3/c1-4-19-16(18)14(15(17)12(2)3)11-10-13-8-6-5-7-9-13/h5-12,14-15,17H,4H2,1-3H3/b11-10+. The molecule has 0 radical (unpaired) electrons. The van der Waals surface area contributed by atoms with E-state index in [2.05, 4.69) is 0 Å². The molecule has 1 aromatic carbocycles. The van der Waals surface area contributed by atoms with Crippen LogP contribution in [0.5, 0.6) is 0 Å². The second-order valence-corrected chi connectivity index (χ2v) is 4.78. The molecule has 0 fully saturated rings. The lowest BCUT2D eigenvalue weighted by atomic mass is 9.92. The third-order valence-electron chi connectivity index (χ3n) is 2.91. The van der Waals surface area contributed by atoms with Crippen LogP contribution >= 0.6 is 0 Å². The Morgan fingerprint density at radius 3 is 2.47 bits per heavy atom. The maximum absolute atomic E-state index is 11.9. The maximum Gasteiger partial charge on any atom is 0.315 e. The minimum Gasteiger partial charge on any atom is -0.465 e. The zero-order chi connectivity index (χ0) is 14.3. The molecule has 0 amide bonds. The van der Waals surface area contributed by atoms with Crippen LogP contribution < -0.4 is 0 Å². The highest BCUT2D eigenvalue weighted by Crippen LogP contribution is 2.18. The average Bonchev–Trinajstić information content (AvgIpc) is 2.40. The Hall–Kier alpha value is -1.61. The van der Waals surface area contributed by atoms with Crippen molar-refractivity contribution < 1.29 is 14.6 Å². The average molecular weight is 262 g/mol. The fourth-order valence-electron chi connectivity index (χ4n) is 1.76. The molecular weight excluding hydrogens is 240 g/mol. The number of hydrogen-bond acceptors (Lipinski definition) is 3. The molecule has 0 heterocycles. The first-order valence-corrected chi connectivity index (χ1v) is 6.64. The van der Waals surface area contributed by atoms with Gasteiger partial charge < -0.3 is 9.84 Å². The number of carbonyl (C=O) groups is 1. The Balaban J connectivity index is 2.85. The van der Waals surface area contributed by atoms with Crippen LogP contribution in [0.2, 0.25) is 0 Å². The molecule has 0 aliphatic carbocycles. The van der Waals surface area contributed by atoms with E-state index in [1.165, 1.54) is 0 Å². The van der Waals surface area contributed by atoms with Crippen LogP contribution in [-0.4, -0.2) is 23.8 Å². The number of carbonyl (C=O) groups excluding carboxylic acids is 1. The van der Waals surface area contributed by atoms with Crippen molar-refractivity contribution in [3.8, 4) is 0 Å². The lowest BCUT2D eigenvalue weighted by Gasteiger charge is -2.21. The lowest BCUT2D eigenvalue weighted by Crippen LogP contribution is -2.32. The van der Waals surface area contributed by atoms with E-state index in [0.29, 0.717) is 6.61 Å². The van der Waals surface area contributed by atoms with E-state index in [0.717, 1.165) is 5.56 Å². The number of aliphatic hydroxyl groups is 1. The molecule has 1 aromatic rings. The normalized spacial score (nSPS) is 14.6. The Morgan fingerprint density at radius 2 is 1.95 bits per heavy atom. The highest BCUT2D eigenvalue weighted by molar-refractivity contribution is 5.76. The second-order valence-electron chi connectivity index (χ2n) is 4.78. The van der Waals surface area contributed by atoms with Gasteiger partial charge in [0.1, 0.15) is 5.92 Å². The minimum absolute atomic E-state index is 0.00479. The van der Waals surface area contributed by atoms with E-state index in [1.807, 2.05) is 50.3 Å². The number of esters is 1. The van der Waals surface area contributed by atoms with Crippen molar-refractivity contribution in [3.63, 3.8) is 0 Å². The summed E-state index contributed by atoms with van der Waals surface area (Å²) in [7, 11) is 0. The minimum atomic E-state index is -0.737. The Kier molecular flexibility index (Phi) is 6.30. The topological polar surface area (TPSA) is 46.5 Å². The van der Waals surface area contributed by atoms with Crippen molar-refractivity contribution in [3.05, 3.63) is 42.0 Å². The molecule has 2 unspecified atom stereocenters. The van der Waals surface area contributed by atoms with Crippen LogP contribution in [0.15, 0.2) is 36.4 Å². The molecule has 0 saturated carbocycles. The highest BCUT2D eigenvalue weighted by atomic mass is 16.5. The summed E-state index contributed by atoms with van der Waals surface area (Å²) in [6.45, 7) is 5.84. The van der Waals surface area contributed by atoms with Gasteiger partial charge in [0.15, 0.2) is 0 Å². The monoisotopic (exact) mass is 262 g/mol. The molecule has 2 atom stereocenters. The van der Waals surface area contributed by atoms with Crippen LogP contribution in [0.4, 0.5) is 0 Å². The van der Waals surface area contributed by atoms with Gasteiger partial charge in [-0.1, -0.05) is 56.3 Å². The van der Waals surface area contributed by atoms with Crippen LogP contribution in [0.3, 0.4) is 0 Å². The van der Waals surface area contributed by atoms with Crippen molar-refractivity contribution in [1.29, 1.82) is 0 Å². The summed E-state index contributed by atoms with van der Waals surface area (Å²) in [5, 5.41) is 10.1. The molecule has 0 aliphatic rings. The summed E-state index contributed by atoms with van der Waals surface area (Å²) < 4.78 is 5.01. The molecule has 0 spiro atoms. The molecule has 1 rings (SSSR count). The summed E-state index contributed by atoms with van der Waals surface area (Å²) in [6, 6.07) is 9.68. The molecule has 3 heteroatoms. The van der Waals surface area contributed by atoms with Gasteiger partial charge in [0.05, 0.1) is 12.7 Å². The number of hydrogen-bond donors (Lipinski definition) is 1. The van der Waals surface area contributed by atoms with Gasteiger partial charge in [-0.15, -0.1) is 0 Å². The van der Waals surface area contributed by atoms with Crippen molar-refractivity contribution >= 4 is 12.0 Å². The Bertz CT molecular complexity index is 409. The van der Waals surface area contributed by atoms with E-state index in [-0.39, 0.29) is 11.9 Å². The second kappa shape index (κ2) is 7.74. The van der Waals surface area contributed by atoms with E-state index < -0.39 is 12.0 Å². The molecule has 1 N–H and O–H groups in total. The molecule has 0 aromatic heterocycles. The van der Waals surface area contributed by atoms with Gasteiger partial charge >= 0.3 is 5.97 Å². The van der Waals surface area contributed by atoms with Gasteiger partial charge in [0.2, 0.25) is 0 Å². The third-order valence-corrected chi connectivity index (χ3v) is 2.91. The molecular formula is C16H22O3. The third kappa shape index (κ3) is 4.87. The van der Waals surface area contributed by atoms with Gasteiger partial charge in [-0.3, -0.25) is 4.79 Å². The summed E-state index contributed by atoms with van der Waals surface area (Å²) in [5.41, 5.74) is 0.993. The molecule has 0 aliphatic heterocycles. The number of rotatable bonds is 6. The lowest BCUT2D eigenvalue weighted by molar-refractivity contribution is -0.150. The Morgan fingerprint density at radius 1 is 1.32 bits per heavy atom. The number of benzene rings is 1. The summed E-state index contributed by atoms with van der Waals surface area (Å²) in [5.74, 6) is -1.01. The first kappa shape index (κ1) is 15.4. The van der Waals surface area contributed by atoms with Crippen LogP contribution in [0.1, 0.15) is 26.3 Å². The molecule has 3 nitrogen and oxygen atoms in total. The van der Waals surface area contributed by atoms with Gasteiger partial charge in [0, 0.05) is 0 Å². The van der Waals surface area contributed by atoms with Crippen molar-refractivity contribution in [2.24, 2.45) is 11.8 Å². The van der Waals surface area contributed by atoms with Gasteiger partial charge in [-0.25, -0.2) is 0 Å². The highest BCUT2D eigenvalue weighted by Gasteiger charge is 2.27. The van der Waals surface area contributed by atoms with E-state index >= 15 is 0 Å². The molecule has 104 valence electrons. The quantitative estimate of drug-likeness (QED) is 0.802. The predicted molar refractivity (Wildman–Crippen MR) is 76.4 cm³/mol. The van der Waals surface area contributed by atoms with E-state index in [4.69, 9.17) is 4.74 Å². The first-order chi connectivity index (χ1) is 9.06. The molecule has 19 heavy (non-hydrogen) atoms. The van der Waals surface area contributed by atoms with Crippen LogP contribution in [-0.2, 0) is 9.53 Å². The number of aliphatic hydroxyl groups excluding tert-OH is 1. The Labute approximate surface area is 114 Å². The summed E-state index contributed by atoms with van der Waals surface area (Å²) >= 11 is 0. The molecule has 0 saturated heterocycles. The molecule has 0 bridgehead atoms. The first-order valence-electron chi connectivity index (χ1n) is 6.64. The zero-order valence-corrected chi connectivity index (χ0v) is 11.7. The summed E-state index contributed by atoms with van der Waals surface area (Å²) in [6.07, 6.45) is 2.82. The van der Waals surface area contributed by atoms with E-state index in [9.17, 15) is 9.90 Å². The fraction of sp³-hybridized carbons (Fsp3) is 0.438. The maximum atomic E-state index is 11.9. The zero-order valence-electron chi connectivity index (χ0n) is 11.7. The van der Waals surface area contributed by atoms with E-state index in [1.54, 1.807) is 13.0 Å².